The molecule has 0 aliphatic rings. The van der Waals surface area contributed by atoms with Crippen molar-refractivity contribution in [2.75, 3.05) is 6.26 Å². The number of rotatable bonds is 5. The van der Waals surface area contributed by atoms with E-state index in [0.29, 0.717) is 0 Å². The topological polar surface area (TPSA) is 29.1 Å². The number of amides is 1. The van der Waals surface area contributed by atoms with Gasteiger partial charge in [-0.15, -0.1) is 11.8 Å². The third kappa shape index (κ3) is 3.72. The lowest BCUT2D eigenvalue weighted by Crippen LogP contribution is -2.28. The fourth-order valence-corrected chi connectivity index (χ4v) is 3.07. The van der Waals surface area contributed by atoms with Gasteiger partial charge >= 0.3 is 0 Å². The van der Waals surface area contributed by atoms with Crippen LogP contribution in [0.5, 0.6) is 0 Å². The maximum atomic E-state index is 12.6. The molecule has 0 saturated heterocycles. The molecule has 0 aliphatic carbocycles. The van der Waals surface area contributed by atoms with Crippen molar-refractivity contribution in [3.8, 4) is 0 Å². The van der Waals surface area contributed by atoms with Crippen LogP contribution in [0.2, 0.25) is 0 Å². The van der Waals surface area contributed by atoms with E-state index in [9.17, 15) is 4.79 Å². The first-order valence-corrected chi connectivity index (χ1v) is 8.80. The normalized spacial score (nSPS) is 12.0. The molecule has 22 heavy (non-hydrogen) atoms. The molecular formula is C19H23NOS. The molecule has 1 N–H and O–H groups in total. The molecule has 0 spiro atoms. The molecule has 2 rings (SSSR count). The van der Waals surface area contributed by atoms with Gasteiger partial charge in [0.05, 0.1) is 11.6 Å². The number of nitrogens with one attached hydrogen (secondary N) is 1. The summed E-state index contributed by atoms with van der Waals surface area (Å²) in [5.74, 6) is -0.00460. The van der Waals surface area contributed by atoms with E-state index in [2.05, 4.69) is 44.3 Å². The molecular weight excluding hydrogens is 290 g/mol. The number of carbonyl (C=O) groups is 1. The van der Waals surface area contributed by atoms with Gasteiger partial charge in [-0.3, -0.25) is 4.79 Å². The molecule has 1 atom stereocenters. The Kier molecular flexibility index (Phi) is 5.67. The number of aryl methyl sites for hydroxylation is 2. The van der Waals surface area contributed by atoms with Crippen LogP contribution in [0.15, 0.2) is 47.4 Å². The Balaban J connectivity index is 2.22. The molecule has 3 heteroatoms. The highest BCUT2D eigenvalue weighted by atomic mass is 32.2. The minimum absolute atomic E-state index is 0.00460. The smallest absolute Gasteiger partial charge is 0.252 e. The van der Waals surface area contributed by atoms with Crippen LogP contribution in [-0.2, 0) is 0 Å². The molecule has 2 nitrogen and oxygen atoms in total. The van der Waals surface area contributed by atoms with Crippen molar-refractivity contribution < 1.29 is 4.79 Å². The van der Waals surface area contributed by atoms with Crippen molar-refractivity contribution in [2.24, 2.45) is 0 Å². The van der Waals surface area contributed by atoms with E-state index < -0.39 is 0 Å². The van der Waals surface area contributed by atoms with Gasteiger partial charge in [-0.1, -0.05) is 37.3 Å². The van der Waals surface area contributed by atoms with Crippen LogP contribution in [0.3, 0.4) is 0 Å². The highest BCUT2D eigenvalue weighted by Crippen LogP contribution is 2.23. The van der Waals surface area contributed by atoms with Crippen LogP contribution in [0.1, 0.15) is 46.4 Å². The van der Waals surface area contributed by atoms with Crippen molar-refractivity contribution in [1.29, 1.82) is 0 Å². The Morgan fingerprint density at radius 2 is 1.86 bits per heavy atom. The summed E-state index contributed by atoms with van der Waals surface area (Å²) in [7, 11) is 0. The summed E-state index contributed by atoms with van der Waals surface area (Å²) in [5.41, 5.74) is 4.45. The van der Waals surface area contributed by atoms with Crippen LogP contribution >= 0.6 is 11.8 Å². The van der Waals surface area contributed by atoms with Crippen molar-refractivity contribution in [1.82, 2.24) is 5.32 Å². The summed E-state index contributed by atoms with van der Waals surface area (Å²) in [6, 6.07) is 14.2. The first-order valence-electron chi connectivity index (χ1n) is 7.57. The quantitative estimate of drug-likeness (QED) is 0.795. The third-order valence-corrected chi connectivity index (χ3v) is 4.79. The van der Waals surface area contributed by atoms with Crippen molar-refractivity contribution in [2.45, 2.75) is 38.1 Å². The van der Waals surface area contributed by atoms with Gasteiger partial charge in [-0.25, -0.2) is 0 Å². The average Bonchev–Trinajstić information content (AvgIpc) is 2.55. The second kappa shape index (κ2) is 7.50. The Bertz CT molecular complexity index is 666. The minimum atomic E-state index is -0.00460. The van der Waals surface area contributed by atoms with E-state index in [-0.39, 0.29) is 11.9 Å². The largest absolute Gasteiger partial charge is 0.345 e. The molecule has 2 aromatic rings. The molecule has 0 saturated carbocycles. The summed E-state index contributed by atoms with van der Waals surface area (Å²) < 4.78 is 0. The van der Waals surface area contributed by atoms with Crippen LogP contribution in [0.4, 0.5) is 0 Å². The van der Waals surface area contributed by atoms with E-state index in [1.807, 2.05) is 30.5 Å². The summed E-state index contributed by atoms with van der Waals surface area (Å²) in [4.78, 5) is 13.6. The molecule has 0 bridgehead atoms. The number of hydrogen-bond donors (Lipinski definition) is 1. The summed E-state index contributed by atoms with van der Waals surface area (Å²) in [6.07, 6.45) is 2.86. The Labute approximate surface area is 137 Å². The van der Waals surface area contributed by atoms with E-state index in [1.54, 1.807) is 11.8 Å². The van der Waals surface area contributed by atoms with E-state index in [0.717, 1.165) is 16.9 Å². The first kappa shape index (κ1) is 16.6. The lowest BCUT2D eigenvalue weighted by Gasteiger charge is -2.19. The van der Waals surface area contributed by atoms with E-state index in [4.69, 9.17) is 0 Å². The molecule has 2 aromatic carbocycles. The van der Waals surface area contributed by atoms with Gasteiger partial charge in [0, 0.05) is 4.90 Å². The number of carbonyl (C=O) groups excluding carboxylic acids is 1. The monoisotopic (exact) mass is 313 g/mol. The van der Waals surface area contributed by atoms with E-state index in [1.165, 1.54) is 16.7 Å². The van der Waals surface area contributed by atoms with Crippen molar-refractivity contribution >= 4 is 17.7 Å². The number of thioether (sulfide) groups is 1. The standard InChI is InChI=1S/C19H23NOS/c1-5-17(15-11-10-13(2)14(3)12-15)20-19(21)16-8-6-7-9-18(16)22-4/h6-12,17H,5H2,1-4H3,(H,20,21)/t17-/m1/s1. The molecule has 0 aromatic heterocycles. The van der Waals surface area contributed by atoms with Crippen LogP contribution in [0, 0.1) is 13.8 Å². The lowest BCUT2D eigenvalue weighted by molar-refractivity contribution is 0.0932. The van der Waals surface area contributed by atoms with Crippen molar-refractivity contribution in [3.05, 3.63) is 64.7 Å². The zero-order valence-corrected chi connectivity index (χ0v) is 14.5. The van der Waals surface area contributed by atoms with Crippen LogP contribution < -0.4 is 5.32 Å². The Hall–Kier alpha value is -1.74. The van der Waals surface area contributed by atoms with Gasteiger partial charge in [0.25, 0.3) is 5.91 Å². The minimum Gasteiger partial charge on any atom is -0.345 e. The molecule has 0 radical (unpaired) electrons. The van der Waals surface area contributed by atoms with Gasteiger partial charge in [-0.2, -0.15) is 0 Å². The maximum Gasteiger partial charge on any atom is 0.252 e. The summed E-state index contributed by atoms with van der Waals surface area (Å²) in [5, 5.41) is 3.17. The molecule has 0 heterocycles. The third-order valence-electron chi connectivity index (χ3n) is 4.00. The van der Waals surface area contributed by atoms with Crippen LogP contribution in [0.25, 0.3) is 0 Å². The zero-order chi connectivity index (χ0) is 16.1. The van der Waals surface area contributed by atoms with Crippen LogP contribution in [-0.4, -0.2) is 12.2 Å². The summed E-state index contributed by atoms with van der Waals surface area (Å²) in [6.45, 7) is 6.31. The fourth-order valence-electron chi connectivity index (χ4n) is 2.47. The zero-order valence-electron chi connectivity index (χ0n) is 13.6. The van der Waals surface area contributed by atoms with Gasteiger partial charge in [-0.05, 0) is 55.3 Å². The van der Waals surface area contributed by atoms with Crippen molar-refractivity contribution in [3.63, 3.8) is 0 Å². The number of benzene rings is 2. The molecule has 0 fully saturated rings. The predicted molar refractivity (Wildman–Crippen MR) is 94.6 cm³/mol. The van der Waals surface area contributed by atoms with Gasteiger partial charge in [0.15, 0.2) is 0 Å². The predicted octanol–water partition coefficient (Wildman–Crippen LogP) is 4.91. The average molecular weight is 313 g/mol. The van der Waals surface area contributed by atoms with Gasteiger partial charge < -0.3 is 5.32 Å². The first-order chi connectivity index (χ1) is 10.6. The number of hydrogen-bond acceptors (Lipinski definition) is 2. The van der Waals surface area contributed by atoms with Gasteiger partial charge in [0.2, 0.25) is 0 Å². The maximum absolute atomic E-state index is 12.6. The molecule has 0 aliphatic heterocycles. The second-order valence-electron chi connectivity index (χ2n) is 5.48. The lowest BCUT2D eigenvalue weighted by atomic mass is 9.99. The van der Waals surface area contributed by atoms with Gasteiger partial charge in [0.1, 0.15) is 0 Å². The molecule has 1 amide bonds. The molecule has 116 valence electrons. The highest BCUT2D eigenvalue weighted by Gasteiger charge is 2.16. The second-order valence-corrected chi connectivity index (χ2v) is 6.33. The Morgan fingerprint density at radius 1 is 1.14 bits per heavy atom. The highest BCUT2D eigenvalue weighted by molar-refractivity contribution is 7.98. The fraction of sp³-hybridized carbons (Fsp3) is 0.316. The Morgan fingerprint density at radius 3 is 2.50 bits per heavy atom. The SMILES string of the molecule is CC[C@@H](NC(=O)c1ccccc1SC)c1ccc(C)c(C)c1. The van der Waals surface area contributed by atoms with E-state index >= 15 is 0 Å². The summed E-state index contributed by atoms with van der Waals surface area (Å²) >= 11 is 1.60. The molecule has 0 unspecified atom stereocenters.